The van der Waals surface area contributed by atoms with Gasteiger partial charge in [-0.25, -0.2) is 0 Å². The van der Waals surface area contributed by atoms with E-state index in [1.807, 2.05) is 41.4 Å². The minimum absolute atomic E-state index is 0.0176. The zero-order valence-electron chi connectivity index (χ0n) is 19.1. The van der Waals surface area contributed by atoms with E-state index in [1.165, 1.54) is 16.8 Å². The zero-order chi connectivity index (χ0) is 23.3. The van der Waals surface area contributed by atoms with Crippen molar-refractivity contribution in [2.75, 3.05) is 44.2 Å². The highest BCUT2D eigenvalue weighted by Gasteiger charge is 2.21. The molecular weight excluding hydrogens is 426 g/mol. The molecule has 1 saturated heterocycles. The summed E-state index contributed by atoms with van der Waals surface area (Å²) in [4.78, 5) is 24.3. The number of nitrogens with two attached hydrogens (primary N) is 1. The molecule has 7 heteroatoms. The summed E-state index contributed by atoms with van der Waals surface area (Å²) in [5.74, 6) is 0.718. The summed E-state index contributed by atoms with van der Waals surface area (Å²) in [6.07, 6.45) is 6.40. The standard InChI is InChI=1S/C27H29N5O2/c28-10-7-22-18-30-26-6-5-24(17-25(22)26)34-19-27(33)32-15-13-31(14-16-32)23-3-1-20(2-4-23)21-8-11-29-12-9-21/h1-6,8-9,11-12,17-18,30H,7,10,13-16,19,28H2. The molecule has 0 aliphatic carbocycles. The molecule has 4 aromatic rings. The molecule has 0 radical (unpaired) electrons. The number of ether oxygens (including phenoxy) is 1. The zero-order valence-corrected chi connectivity index (χ0v) is 19.1. The van der Waals surface area contributed by atoms with E-state index >= 15 is 0 Å². The molecule has 3 N–H and O–H groups in total. The van der Waals surface area contributed by atoms with Gasteiger partial charge >= 0.3 is 0 Å². The Morgan fingerprint density at radius 2 is 1.71 bits per heavy atom. The van der Waals surface area contributed by atoms with Crippen molar-refractivity contribution >= 4 is 22.5 Å². The van der Waals surface area contributed by atoms with Crippen molar-refractivity contribution in [2.24, 2.45) is 5.73 Å². The summed E-state index contributed by atoms with van der Waals surface area (Å²) in [7, 11) is 0. The molecule has 0 atom stereocenters. The molecule has 34 heavy (non-hydrogen) atoms. The van der Waals surface area contributed by atoms with Crippen LogP contribution < -0.4 is 15.4 Å². The van der Waals surface area contributed by atoms with Crippen LogP contribution in [0.25, 0.3) is 22.0 Å². The molecule has 2 aromatic heterocycles. The van der Waals surface area contributed by atoms with Crippen molar-refractivity contribution < 1.29 is 9.53 Å². The topological polar surface area (TPSA) is 87.5 Å². The quantitative estimate of drug-likeness (QED) is 0.446. The van der Waals surface area contributed by atoms with Crippen molar-refractivity contribution in [1.29, 1.82) is 0 Å². The van der Waals surface area contributed by atoms with Gasteiger partial charge in [0.05, 0.1) is 0 Å². The van der Waals surface area contributed by atoms with Gasteiger partial charge in [-0.15, -0.1) is 0 Å². The van der Waals surface area contributed by atoms with Crippen LogP contribution in [0.5, 0.6) is 5.75 Å². The maximum Gasteiger partial charge on any atom is 0.260 e. The Morgan fingerprint density at radius 3 is 2.44 bits per heavy atom. The number of hydrogen-bond acceptors (Lipinski definition) is 5. The fraction of sp³-hybridized carbons (Fsp3) is 0.259. The van der Waals surface area contributed by atoms with Gasteiger partial charge in [-0.1, -0.05) is 12.1 Å². The number of benzene rings is 2. The lowest BCUT2D eigenvalue weighted by atomic mass is 10.1. The Labute approximate surface area is 199 Å². The number of carbonyl (C=O) groups is 1. The van der Waals surface area contributed by atoms with Crippen molar-refractivity contribution in [2.45, 2.75) is 6.42 Å². The Kier molecular flexibility index (Phi) is 6.44. The largest absolute Gasteiger partial charge is 0.484 e. The predicted molar refractivity (Wildman–Crippen MR) is 135 cm³/mol. The number of fused-ring (bicyclic) bond motifs is 1. The normalized spacial score (nSPS) is 13.9. The van der Waals surface area contributed by atoms with Crippen molar-refractivity contribution in [3.05, 3.63) is 78.8 Å². The van der Waals surface area contributed by atoms with E-state index in [2.05, 4.69) is 39.1 Å². The second-order valence-corrected chi connectivity index (χ2v) is 8.50. The number of hydrogen-bond donors (Lipinski definition) is 2. The Hall–Kier alpha value is -3.84. The number of anilines is 1. The molecule has 1 aliphatic rings. The van der Waals surface area contributed by atoms with Gasteiger partial charge in [-0.2, -0.15) is 0 Å². The predicted octanol–water partition coefficient (Wildman–Crippen LogP) is 3.46. The van der Waals surface area contributed by atoms with Crippen LogP contribution in [0.3, 0.4) is 0 Å². The number of piperazine rings is 1. The monoisotopic (exact) mass is 455 g/mol. The molecule has 0 spiro atoms. The van der Waals surface area contributed by atoms with Crippen LogP contribution in [0.1, 0.15) is 5.56 Å². The van der Waals surface area contributed by atoms with Gasteiger partial charge in [0.1, 0.15) is 5.75 Å². The number of nitrogens with one attached hydrogen (secondary N) is 1. The lowest BCUT2D eigenvalue weighted by Crippen LogP contribution is -2.50. The first-order valence-corrected chi connectivity index (χ1v) is 11.7. The molecule has 3 heterocycles. The maximum absolute atomic E-state index is 12.8. The van der Waals surface area contributed by atoms with Crippen LogP contribution in [0.2, 0.25) is 0 Å². The van der Waals surface area contributed by atoms with Gasteiger partial charge in [0.2, 0.25) is 0 Å². The van der Waals surface area contributed by atoms with Gasteiger partial charge in [0.25, 0.3) is 5.91 Å². The minimum Gasteiger partial charge on any atom is -0.484 e. The molecule has 7 nitrogen and oxygen atoms in total. The molecule has 174 valence electrons. The van der Waals surface area contributed by atoms with Gasteiger partial charge in [-0.05, 0) is 72.1 Å². The molecule has 2 aromatic carbocycles. The number of carbonyl (C=O) groups excluding carboxylic acids is 1. The summed E-state index contributed by atoms with van der Waals surface area (Å²) < 4.78 is 5.84. The first-order valence-electron chi connectivity index (χ1n) is 11.7. The second kappa shape index (κ2) is 9.97. The van der Waals surface area contributed by atoms with Crippen molar-refractivity contribution in [3.63, 3.8) is 0 Å². The Morgan fingerprint density at radius 1 is 0.971 bits per heavy atom. The fourth-order valence-electron chi connectivity index (χ4n) is 4.47. The highest BCUT2D eigenvalue weighted by Crippen LogP contribution is 2.25. The first kappa shape index (κ1) is 22.0. The Bertz CT molecular complexity index is 1250. The van der Waals surface area contributed by atoms with E-state index in [4.69, 9.17) is 10.5 Å². The molecular formula is C27H29N5O2. The van der Waals surface area contributed by atoms with Crippen LogP contribution in [-0.2, 0) is 11.2 Å². The molecule has 5 rings (SSSR count). The molecule has 1 amide bonds. The van der Waals surface area contributed by atoms with E-state index < -0.39 is 0 Å². The Balaban J connectivity index is 1.14. The van der Waals surface area contributed by atoms with E-state index in [-0.39, 0.29) is 12.5 Å². The highest BCUT2D eigenvalue weighted by molar-refractivity contribution is 5.85. The van der Waals surface area contributed by atoms with Crippen LogP contribution in [0, 0.1) is 0 Å². The number of rotatable bonds is 7. The first-order chi connectivity index (χ1) is 16.7. The fourth-order valence-corrected chi connectivity index (χ4v) is 4.47. The molecule has 0 saturated carbocycles. The number of aromatic amines is 1. The smallest absolute Gasteiger partial charge is 0.260 e. The number of nitrogens with zero attached hydrogens (tertiary/aromatic N) is 3. The number of pyridine rings is 1. The van der Waals surface area contributed by atoms with Crippen LogP contribution in [0.4, 0.5) is 5.69 Å². The summed E-state index contributed by atoms with van der Waals surface area (Å²) in [6.45, 7) is 3.62. The van der Waals surface area contributed by atoms with Crippen LogP contribution in [0.15, 0.2) is 73.2 Å². The van der Waals surface area contributed by atoms with Gasteiger partial charge < -0.3 is 25.3 Å². The van der Waals surface area contributed by atoms with Gasteiger partial charge in [-0.3, -0.25) is 9.78 Å². The van der Waals surface area contributed by atoms with Gasteiger partial charge in [0.15, 0.2) is 6.61 Å². The minimum atomic E-state index is 0.0176. The second-order valence-electron chi connectivity index (χ2n) is 8.50. The number of aromatic nitrogens is 2. The molecule has 0 bridgehead atoms. The summed E-state index contributed by atoms with van der Waals surface area (Å²) in [5.41, 5.74) is 11.4. The maximum atomic E-state index is 12.8. The third-order valence-corrected chi connectivity index (χ3v) is 6.39. The molecule has 1 aliphatic heterocycles. The molecule has 0 unspecified atom stereocenters. The summed E-state index contributed by atoms with van der Waals surface area (Å²) >= 11 is 0. The van der Waals surface area contributed by atoms with E-state index in [1.54, 1.807) is 12.4 Å². The van der Waals surface area contributed by atoms with Gasteiger partial charge in [0, 0.05) is 61.4 Å². The van der Waals surface area contributed by atoms with Crippen molar-refractivity contribution in [3.8, 4) is 16.9 Å². The van der Waals surface area contributed by atoms with E-state index in [0.717, 1.165) is 36.0 Å². The van der Waals surface area contributed by atoms with E-state index in [9.17, 15) is 4.79 Å². The lowest BCUT2D eigenvalue weighted by Gasteiger charge is -2.36. The number of H-pyrrole nitrogens is 1. The SMILES string of the molecule is NCCc1c[nH]c2ccc(OCC(=O)N3CCN(c4ccc(-c5ccncc5)cc4)CC3)cc12. The highest BCUT2D eigenvalue weighted by atomic mass is 16.5. The average Bonchev–Trinajstić information content (AvgIpc) is 3.30. The summed E-state index contributed by atoms with van der Waals surface area (Å²) in [5, 5.41) is 1.10. The average molecular weight is 456 g/mol. The summed E-state index contributed by atoms with van der Waals surface area (Å²) in [6, 6.07) is 18.4. The van der Waals surface area contributed by atoms with E-state index in [0.29, 0.717) is 25.4 Å². The van der Waals surface area contributed by atoms with Crippen LogP contribution in [-0.4, -0.2) is 60.1 Å². The van der Waals surface area contributed by atoms with Crippen LogP contribution >= 0.6 is 0 Å². The lowest BCUT2D eigenvalue weighted by molar-refractivity contribution is -0.133. The molecule has 1 fully saturated rings. The third kappa shape index (κ3) is 4.75. The number of amides is 1. The van der Waals surface area contributed by atoms with Crippen molar-refractivity contribution in [1.82, 2.24) is 14.9 Å². The third-order valence-electron chi connectivity index (χ3n) is 6.39.